The monoisotopic (exact) mass is 256 g/mol. The van der Waals surface area contributed by atoms with Crippen LogP contribution in [-0.4, -0.2) is 29.6 Å². The molecule has 98 valence electrons. The summed E-state index contributed by atoms with van der Waals surface area (Å²) in [7, 11) is 0. The molecule has 18 heavy (non-hydrogen) atoms. The van der Waals surface area contributed by atoms with E-state index in [1.165, 1.54) is 0 Å². The van der Waals surface area contributed by atoms with Gasteiger partial charge in [0, 0.05) is 12.8 Å². The third-order valence-electron chi connectivity index (χ3n) is 2.94. The van der Waals surface area contributed by atoms with Crippen LogP contribution >= 0.6 is 0 Å². The molecular formula is C12H14F2N2O2. The van der Waals surface area contributed by atoms with Gasteiger partial charge in [0.25, 0.3) is 5.91 Å². The van der Waals surface area contributed by atoms with Gasteiger partial charge in [-0.2, -0.15) is 4.39 Å². The summed E-state index contributed by atoms with van der Waals surface area (Å²) in [6.45, 7) is 2.84. The molecule has 4 nitrogen and oxygen atoms in total. The zero-order valence-corrected chi connectivity index (χ0v) is 10.0. The molecule has 1 unspecified atom stereocenters. The number of amides is 1. The molecule has 1 amide bonds. The van der Waals surface area contributed by atoms with Gasteiger partial charge in [0.1, 0.15) is 0 Å². The van der Waals surface area contributed by atoms with Crippen molar-refractivity contribution in [3.05, 3.63) is 29.6 Å². The Morgan fingerprint density at radius 1 is 1.56 bits per heavy atom. The summed E-state index contributed by atoms with van der Waals surface area (Å²) in [4.78, 5) is 15.0. The molecule has 2 heterocycles. The lowest BCUT2D eigenvalue weighted by Crippen LogP contribution is -2.51. The summed E-state index contributed by atoms with van der Waals surface area (Å²) in [5.41, 5.74) is -0.879. The van der Waals surface area contributed by atoms with Gasteiger partial charge in [0.05, 0.1) is 17.7 Å². The average molecular weight is 256 g/mol. The van der Waals surface area contributed by atoms with Crippen molar-refractivity contribution in [1.29, 1.82) is 0 Å². The molecule has 1 N–H and O–H groups in total. The third kappa shape index (κ3) is 2.64. The summed E-state index contributed by atoms with van der Waals surface area (Å²) < 4.78 is 31.6. The molecule has 0 aliphatic carbocycles. The SMILES string of the molecule is CC1(NC(=O)c2ccnc(F)c2F)CCCOC1. The Morgan fingerprint density at radius 3 is 3.00 bits per heavy atom. The first-order valence-electron chi connectivity index (χ1n) is 5.72. The lowest BCUT2D eigenvalue weighted by molar-refractivity contribution is 0.0271. The van der Waals surface area contributed by atoms with E-state index in [-0.39, 0.29) is 5.56 Å². The van der Waals surface area contributed by atoms with E-state index in [4.69, 9.17) is 4.74 Å². The highest BCUT2D eigenvalue weighted by molar-refractivity contribution is 5.94. The number of carbonyl (C=O) groups excluding carboxylic acids is 1. The number of ether oxygens (including phenoxy) is 1. The maximum absolute atomic E-state index is 13.4. The van der Waals surface area contributed by atoms with Gasteiger partial charge in [0.2, 0.25) is 5.95 Å². The molecule has 1 saturated heterocycles. The van der Waals surface area contributed by atoms with E-state index in [2.05, 4.69) is 10.3 Å². The first-order valence-corrected chi connectivity index (χ1v) is 5.72. The van der Waals surface area contributed by atoms with Crippen molar-refractivity contribution in [2.75, 3.05) is 13.2 Å². The second kappa shape index (κ2) is 4.97. The molecule has 2 rings (SSSR count). The summed E-state index contributed by atoms with van der Waals surface area (Å²) >= 11 is 0. The standard InChI is InChI=1S/C12H14F2N2O2/c1-12(4-2-6-18-7-12)16-11(17)8-3-5-15-10(14)9(8)13/h3,5H,2,4,6-7H2,1H3,(H,16,17). The van der Waals surface area contributed by atoms with Crippen LogP contribution in [0.15, 0.2) is 12.3 Å². The number of aromatic nitrogens is 1. The molecular weight excluding hydrogens is 242 g/mol. The normalized spacial score (nSPS) is 23.7. The number of halogens is 2. The highest BCUT2D eigenvalue weighted by atomic mass is 19.2. The van der Waals surface area contributed by atoms with Crippen LogP contribution in [0, 0.1) is 11.8 Å². The van der Waals surface area contributed by atoms with E-state index in [1.807, 2.05) is 6.92 Å². The van der Waals surface area contributed by atoms with Gasteiger partial charge in [-0.05, 0) is 25.8 Å². The van der Waals surface area contributed by atoms with Crippen LogP contribution in [0.1, 0.15) is 30.1 Å². The molecule has 0 aromatic carbocycles. The fourth-order valence-electron chi connectivity index (χ4n) is 1.97. The quantitative estimate of drug-likeness (QED) is 0.819. The third-order valence-corrected chi connectivity index (χ3v) is 2.94. The van der Waals surface area contributed by atoms with E-state index in [0.717, 1.165) is 25.1 Å². The van der Waals surface area contributed by atoms with Gasteiger partial charge < -0.3 is 10.1 Å². The van der Waals surface area contributed by atoms with Crippen LogP contribution in [0.2, 0.25) is 0 Å². The van der Waals surface area contributed by atoms with Crippen molar-refractivity contribution >= 4 is 5.91 Å². The number of rotatable bonds is 2. The molecule has 0 radical (unpaired) electrons. The number of hydrogen-bond donors (Lipinski definition) is 1. The second-order valence-electron chi connectivity index (χ2n) is 4.63. The smallest absolute Gasteiger partial charge is 0.254 e. The number of nitrogens with one attached hydrogen (secondary N) is 1. The van der Waals surface area contributed by atoms with Gasteiger partial charge in [0.15, 0.2) is 5.82 Å². The minimum Gasteiger partial charge on any atom is -0.379 e. The van der Waals surface area contributed by atoms with Crippen molar-refractivity contribution in [2.45, 2.75) is 25.3 Å². The molecule has 0 spiro atoms. The molecule has 1 aliphatic rings. The van der Waals surface area contributed by atoms with Gasteiger partial charge in [-0.25, -0.2) is 9.37 Å². The van der Waals surface area contributed by atoms with Crippen LogP contribution in [0.5, 0.6) is 0 Å². The van der Waals surface area contributed by atoms with Crippen LogP contribution < -0.4 is 5.32 Å². The van der Waals surface area contributed by atoms with Crippen LogP contribution in [-0.2, 0) is 4.74 Å². The minimum absolute atomic E-state index is 0.339. The topological polar surface area (TPSA) is 51.2 Å². The van der Waals surface area contributed by atoms with Crippen LogP contribution in [0.3, 0.4) is 0 Å². The minimum atomic E-state index is -1.27. The molecule has 0 bridgehead atoms. The van der Waals surface area contributed by atoms with Crippen molar-refractivity contribution in [3.8, 4) is 0 Å². The Balaban J connectivity index is 2.14. The van der Waals surface area contributed by atoms with Crippen LogP contribution in [0.4, 0.5) is 8.78 Å². The first kappa shape index (κ1) is 12.9. The highest BCUT2D eigenvalue weighted by Crippen LogP contribution is 2.19. The second-order valence-corrected chi connectivity index (χ2v) is 4.63. The summed E-state index contributed by atoms with van der Waals surface area (Å²) in [5.74, 6) is -3.15. The van der Waals surface area contributed by atoms with Crippen LogP contribution in [0.25, 0.3) is 0 Å². The van der Waals surface area contributed by atoms with E-state index in [9.17, 15) is 13.6 Å². The maximum atomic E-state index is 13.4. The van der Waals surface area contributed by atoms with E-state index in [1.54, 1.807) is 0 Å². The zero-order valence-electron chi connectivity index (χ0n) is 10.0. The van der Waals surface area contributed by atoms with Crippen molar-refractivity contribution < 1.29 is 18.3 Å². The van der Waals surface area contributed by atoms with Gasteiger partial charge in [-0.3, -0.25) is 4.79 Å². The predicted octanol–water partition coefficient (Wildman–Crippen LogP) is 1.66. The fourth-order valence-corrected chi connectivity index (χ4v) is 1.97. The van der Waals surface area contributed by atoms with Crippen molar-refractivity contribution in [2.24, 2.45) is 0 Å². The summed E-state index contributed by atoms with van der Waals surface area (Å²) in [5, 5.41) is 2.68. The Bertz CT molecular complexity index is 459. The Labute approximate surface area is 103 Å². The molecule has 6 heteroatoms. The number of carbonyl (C=O) groups is 1. The Morgan fingerprint density at radius 2 is 2.33 bits per heavy atom. The Kier molecular flexibility index (Phi) is 3.56. The van der Waals surface area contributed by atoms with Crippen molar-refractivity contribution in [1.82, 2.24) is 10.3 Å². The zero-order chi connectivity index (χ0) is 13.2. The summed E-state index contributed by atoms with van der Waals surface area (Å²) in [6.07, 6.45) is 2.63. The lowest BCUT2D eigenvalue weighted by Gasteiger charge is -2.34. The average Bonchev–Trinajstić information content (AvgIpc) is 2.33. The van der Waals surface area contributed by atoms with Gasteiger partial charge in [-0.1, -0.05) is 0 Å². The van der Waals surface area contributed by atoms with E-state index in [0.29, 0.717) is 13.2 Å². The molecule has 1 fully saturated rings. The number of nitrogens with zero attached hydrogens (tertiary/aromatic N) is 1. The van der Waals surface area contributed by atoms with E-state index >= 15 is 0 Å². The lowest BCUT2D eigenvalue weighted by atomic mass is 9.94. The molecule has 1 aromatic heterocycles. The Hall–Kier alpha value is -1.56. The van der Waals surface area contributed by atoms with Gasteiger partial charge in [-0.15, -0.1) is 0 Å². The molecule has 0 saturated carbocycles. The van der Waals surface area contributed by atoms with Crippen molar-refractivity contribution in [3.63, 3.8) is 0 Å². The number of pyridine rings is 1. The summed E-state index contributed by atoms with van der Waals surface area (Å²) in [6, 6.07) is 1.15. The van der Waals surface area contributed by atoms with Gasteiger partial charge >= 0.3 is 0 Å². The maximum Gasteiger partial charge on any atom is 0.254 e. The first-order chi connectivity index (χ1) is 8.52. The highest BCUT2D eigenvalue weighted by Gasteiger charge is 2.30. The molecule has 1 aromatic rings. The number of hydrogen-bond acceptors (Lipinski definition) is 3. The molecule has 1 atom stereocenters. The van der Waals surface area contributed by atoms with E-state index < -0.39 is 23.2 Å². The largest absolute Gasteiger partial charge is 0.379 e. The predicted molar refractivity (Wildman–Crippen MR) is 60.1 cm³/mol. The fraction of sp³-hybridized carbons (Fsp3) is 0.500. The molecule has 1 aliphatic heterocycles.